The van der Waals surface area contributed by atoms with Gasteiger partial charge in [0, 0.05) is 37.3 Å². The van der Waals surface area contributed by atoms with Gasteiger partial charge in [0.2, 0.25) is 0 Å². The van der Waals surface area contributed by atoms with Gasteiger partial charge in [-0.15, -0.1) is 0 Å². The molecule has 0 radical (unpaired) electrons. The van der Waals surface area contributed by atoms with E-state index >= 15 is 0 Å². The van der Waals surface area contributed by atoms with E-state index in [4.69, 9.17) is 5.73 Å². The molecule has 1 saturated heterocycles. The Morgan fingerprint density at radius 1 is 1.25 bits per heavy atom. The highest BCUT2D eigenvalue weighted by molar-refractivity contribution is 5.06. The van der Waals surface area contributed by atoms with Gasteiger partial charge in [0.05, 0.1) is 0 Å². The van der Waals surface area contributed by atoms with Crippen LogP contribution < -0.4 is 5.73 Å². The summed E-state index contributed by atoms with van der Waals surface area (Å²) in [5.41, 5.74) is 6.52. The Kier molecular flexibility index (Phi) is 5.49. The van der Waals surface area contributed by atoms with Crippen molar-refractivity contribution in [2.24, 2.45) is 11.7 Å². The van der Waals surface area contributed by atoms with Gasteiger partial charge in [0.25, 0.3) is 0 Å². The van der Waals surface area contributed by atoms with Gasteiger partial charge in [-0.1, -0.05) is 33.6 Å². The fourth-order valence-corrected chi connectivity index (χ4v) is 4.15. The Morgan fingerprint density at radius 3 is 2.35 bits per heavy atom. The summed E-state index contributed by atoms with van der Waals surface area (Å²) in [5, 5.41) is 0. The molecule has 3 nitrogen and oxygen atoms in total. The molecular weight excluding hydrogens is 246 g/mol. The highest BCUT2D eigenvalue weighted by Crippen LogP contribution is 2.39. The lowest BCUT2D eigenvalue weighted by Crippen LogP contribution is -2.57. The number of likely N-dealkylation sites (tertiary alicyclic amines) is 1. The van der Waals surface area contributed by atoms with Crippen LogP contribution in [0.5, 0.6) is 0 Å². The van der Waals surface area contributed by atoms with Crippen molar-refractivity contribution in [3.63, 3.8) is 0 Å². The van der Waals surface area contributed by atoms with Crippen molar-refractivity contribution in [1.29, 1.82) is 0 Å². The van der Waals surface area contributed by atoms with Crippen LogP contribution in [0.3, 0.4) is 0 Å². The van der Waals surface area contributed by atoms with E-state index in [2.05, 4.69) is 37.5 Å². The minimum atomic E-state index is 0.235. The van der Waals surface area contributed by atoms with Gasteiger partial charge < -0.3 is 5.73 Å². The van der Waals surface area contributed by atoms with Crippen LogP contribution in [-0.4, -0.2) is 53.6 Å². The molecule has 118 valence electrons. The van der Waals surface area contributed by atoms with Crippen molar-refractivity contribution in [2.75, 3.05) is 26.2 Å². The van der Waals surface area contributed by atoms with Crippen LogP contribution in [-0.2, 0) is 0 Å². The summed E-state index contributed by atoms with van der Waals surface area (Å²) in [6.07, 6.45) is 6.65. The summed E-state index contributed by atoms with van der Waals surface area (Å²) < 4.78 is 0. The summed E-state index contributed by atoms with van der Waals surface area (Å²) in [5.74, 6) is 0.823. The fraction of sp³-hybridized carbons (Fsp3) is 1.00. The summed E-state index contributed by atoms with van der Waals surface area (Å²) >= 11 is 0. The van der Waals surface area contributed by atoms with Crippen molar-refractivity contribution in [1.82, 2.24) is 9.80 Å². The van der Waals surface area contributed by atoms with Crippen LogP contribution >= 0.6 is 0 Å². The van der Waals surface area contributed by atoms with Crippen molar-refractivity contribution in [2.45, 2.75) is 77.4 Å². The highest BCUT2D eigenvalue weighted by atomic mass is 15.3. The molecule has 2 unspecified atom stereocenters. The molecule has 1 aliphatic carbocycles. The van der Waals surface area contributed by atoms with Crippen LogP contribution in [0, 0.1) is 5.92 Å². The number of nitrogens with two attached hydrogens (primary N) is 1. The Balaban J connectivity index is 2.07. The molecule has 2 rings (SSSR count). The van der Waals surface area contributed by atoms with E-state index in [1.54, 1.807) is 0 Å². The molecule has 0 aromatic carbocycles. The highest BCUT2D eigenvalue weighted by Gasteiger charge is 2.48. The average Bonchev–Trinajstić information content (AvgIpc) is 3.24. The molecule has 1 aliphatic heterocycles. The predicted molar refractivity (Wildman–Crippen MR) is 86.9 cm³/mol. The third-order valence-electron chi connectivity index (χ3n) is 5.80. The largest absolute Gasteiger partial charge is 0.329 e. The minimum Gasteiger partial charge on any atom is -0.329 e. The number of rotatable bonds is 8. The second-order valence-electron chi connectivity index (χ2n) is 7.11. The summed E-state index contributed by atoms with van der Waals surface area (Å²) in [6, 6.07) is 1.58. The Labute approximate surface area is 125 Å². The summed E-state index contributed by atoms with van der Waals surface area (Å²) in [7, 11) is 0. The Bertz CT molecular complexity index is 299. The van der Waals surface area contributed by atoms with Crippen molar-refractivity contribution in [3.05, 3.63) is 0 Å². The van der Waals surface area contributed by atoms with Gasteiger partial charge >= 0.3 is 0 Å². The van der Waals surface area contributed by atoms with Crippen LogP contribution in [0.25, 0.3) is 0 Å². The lowest BCUT2D eigenvalue weighted by Gasteiger charge is -2.42. The molecular formula is C17H35N3. The van der Waals surface area contributed by atoms with E-state index < -0.39 is 0 Å². The standard InChI is InChI=1S/C17H35N3/c1-5-15(6-2)11-19(7-3)17(12-18)10-14(4)20(13-17)16-8-9-16/h14-16H,5-13,18H2,1-4H3. The normalized spacial score (nSPS) is 31.6. The monoisotopic (exact) mass is 281 g/mol. The zero-order valence-electron chi connectivity index (χ0n) is 14.1. The van der Waals surface area contributed by atoms with Gasteiger partial charge in [0.1, 0.15) is 0 Å². The SMILES string of the molecule is CCC(CC)CN(CC)C1(CN)CC(C)N(C2CC2)C1. The van der Waals surface area contributed by atoms with E-state index in [1.807, 2.05) is 0 Å². The molecule has 2 fully saturated rings. The number of hydrogen-bond acceptors (Lipinski definition) is 3. The zero-order valence-corrected chi connectivity index (χ0v) is 14.1. The van der Waals surface area contributed by atoms with Crippen molar-refractivity contribution in [3.8, 4) is 0 Å². The second kappa shape index (κ2) is 6.76. The van der Waals surface area contributed by atoms with Crippen LogP contribution in [0.4, 0.5) is 0 Å². The zero-order chi connectivity index (χ0) is 14.8. The number of hydrogen-bond donors (Lipinski definition) is 1. The van der Waals surface area contributed by atoms with Gasteiger partial charge in [-0.25, -0.2) is 0 Å². The maximum atomic E-state index is 6.28. The summed E-state index contributed by atoms with van der Waals surface area (Å²) in [6.45, 7) is 13.7. The molecule has 0 spiro atoms. The lowest BCUT2D eigenvalue weighted by atomic mass is 9.91. The average molecular weight is 281 g/mol. The molecule has 1 heterocycles. The quantitative estimate of drug-likeness (QED) is 0.742. The maximum Gasteiger partial charge on any atom is 0.0473 e. The van der Waals surface area contributed by atoms with Gasteiger partial charge in [-0.3, -0.25) is 9.80 Å². The van der Waals surface area contributed by atoms with Gasteiger partial charge in [0.15, 0.2) is 0 Å². The number of likely N-dealkylation sites (N-methyl/N-ethyl adjacent to an activating group) is 1. The third kappa shape index (κ3) is 3.20. The predicted octanol–water partition coefficient (Wildman–Crippen LogP) is 2.70. The Hall–Kier alpha value is -0.120. The van der Waals surface area contributed by atoms with E-state index in [-0.39, 0.29) is 5.54 Å². The van der Waals surface area contributed by atoms with E-state index in [1.165, 1.54) is 45.2 Å². The second-order valence-corrected chi connectivity index (χ2v) is 7.11. The molecule has 0 aromatic heterocycles. The van der Waals surface area contributed by atoms with Crippen molar-refractivity contribution < 1.29 is 0 Å². The first-order valence-corrected chi connectivity index (χ1v) is 8.81. The van der Waals surface area contributed by atoms with Crippen LogP contribution in [0.15, 0.2) is 0 Å². The van der Waals surface area contributed by atoms with E-state index in [0.29, 0.717) is 6.04 Å². The number of nitrogens with zero attached hydrogens (tertiary/aromatic N) is 2. The lowest BCUT2D eigenvalue weighted by molar-refractivity contribution is 0.0830. The molecule has 2 aliphatic rings. The molecule has 2 atom stereocenters. The van der Waals surface area contributed by atoms with Crippen LogP contribution in [0.2, 0.25) is 0 Å². The molecule has 0 aromatic rings. The van der Waals surface area contributed by atoms with Crippen molar-refractivity contribution >= 4 is 0 Å². The topological polar surface area (TPSA) is 32.5 Å². The molecule has 1 saturated carbocycles. The first kappa shape index (κ1) is 16.3. The maximum absolute atomic E-state index is 6.28. The van der Waals surface area contributed by atoms with E-state index in [0.717, 1.165) is 25.0 Å². The molecule has 20 heavy (non-hydrogen) atoms. The minimum absolute atomic E-state index is 0.235. The molecule has 2 N–H and O–H groups in total. The fourth-order valence-electron chi connectivity index (χ4n) is 4.15. The smallest absolute Gasteiger partial charge is 0.0473 e. The third-order valence-corrected chi connectivity index (χ3v) is 5.80. The summed E-state index contributed by atoms with van der Waals surface area (Å²) in [4.78, 5) is 5.45. The Morgan fingerprint density at radius 2 is 1.90 bits per heavy atom. The van der Waals surface area contributed by atoms with Gasteiger partial charge in [-0.2, -0.15) is 0 Å². The first-order chi connectivity index (χ1) is 9.60. The van der Waals surface area contributed by atoms with Gasteiger partial charge in [-0.05, 0) is 38.6 Å². The molecule has 3 heteroatoms. The molecule has 0 bridgehead atoms. The van der Waals surface area contributed by atoms with E-state index in [9.17, 15) is 0 Å². The molecule has 0 amide bonds. The van der Waals surface area contributed by atoms with Crippen LogP contribution in [0.1, 0.15) is 59.8 Å². The first-order valence-electron chi connectivity index (χ1n) is 8.81.